The number of hydrogen-bond donors (Lipinski definition) is 1. The van der Waals surface area contributed by atoms with Crippen molar-refractivity contribution in [3.05, 3.63) is 0 Å². The molecule has 0 fully saturated rings. The molecule has 1 N–H and O–H groups in total. The van der Waals surface area contributed by atoms with Crippen molar-refractivity contribution in [2.75, 3.05) is 13.1 Å². The van der Waals surface area contributed by atoms with E-state index in [1.165, 1.54) is 19.3 Å². The first-order valence-electron chi connectivity index (χ1n) is 6.39. The number of rotatable bonds is 10. The molecule has 0 spiro atoms. The van der Waals surface area contributed by atoms with E-state index >= 15 is 0 Å². The number of ketones is 1. The van der Waals surface area contributed by atoms with Crippen LogP contribution in [0, 0.1) is 5.92 Å². The Balaban J connectivity index is 3.13. The Kier molecular flexibility index (Phi) is 9.91. The highest BCUT2D eigenvalue weighted by atomic mass is 16.1. The normalized spacial score (nSPS) is 10.9. The van der Waals surface area contributed by atoms with Gasteiger partial charge in [0.25, 0.3) is 0 Å². The fourth-order valence-corrected chi connectivity index (χ4v) is 1.66. The van der Waals surface area contributed by atoms with E-state index in [-0.39, 0.29) is 0 Å². The molecule has 0 unspecified atom stereocenters. The molecular formula is C13H27NO. The lowest BCUT2D eigenvalue weighted by atomic mass is 10.0. The second kappa shape index (κ2) is 10.2. The quantitative estimate of drug-likeness (QED) is 0.565. The van der Waals surface area contributed by atoms with Gasteiger partial charge in [-0.05, 0) is 31.8 Å². The summed E-state index contributed by atoms with van der Waals surface area (Å²) in [6, 6.07) is 0. The van der Waals surface area contributed by atoms with Crippen molar-refractivity contribution in [1.29, 1.82) is 0 Å². The summed E-state index contributed by atoms with van der Waals surface area (Å²) in [7, 11) is 0. The van der Waals surface area contributed by atoms with E-state index in [0.717, 1.165) is 32.4 Å². The van der Waals surface area contributed by atoms with Gasteiger partial charge in [0.1, 0.15) is 5.78 Å². The molecule has 0 aliphatic heterocycles. The summed E-state index contributed by atoms with van der Waals surface area (Å²) >= 11 is 0. The summed E-state index contributed by atoms with van der Waals surface area (Å²) in [5, 5.41) is 3.31. The average molecular weight is 213 g/mol. The third-order valence-corrected chi connectivity index (χ3v) is 2.45. The summed E-state index contributed by atoms with van der Waals surface area (Å²) in [4.78, 5) is 11.4. The van der Waals surface area contributed by atoms with E-state index in [2.05, 4.69) is 26.1 Å². The van der Waals surface area contributed by atoms with Crippen molar-refractivity contribution in [2.24, 2.45) is 5.92 Å². The van der Waals surface area contributed by atoms with Crippen molar-refractivity contribution in [3.8, 4) is 0 Å². The van der Waals surface area contributed by atoms with E-state index in [4.69, 9.17) is 0 Å². The zero-order valence-corrected chi connectivity index (χ0v) is 10.6. The molecular weight excluding hydrogens is 186 g/mol. The minimum atomic E-state index is 0.441. The Morgan fingerprint density at radius 3 is 2.40 bits per heavy atom. The summed E-state index contributed by atoms with van der Waals surface area (Å²) < 4.78 is 0. The van der Waals surface area contributed by atoms with Crippen LogP contribution in [0.15, 0.2) is 0 Å². The molecule has 0 rings (SSSR count). The van der Waals surface area contributed by atoms with Gasteiger partial charge in [0.15, 0.2) is 0 Å². The number of carbonyl (C=O) groups is 1. The topological polar surface area (TPSA) is 29.1 Å². The number of nitrogens with one attached hydrogen (secondary N) is 1. The van der Waals surface area contributed by atoms with Crippen LogP contribution in [0.4, 0.5) is 0 Å². The van der Waals surface area contributed by atoms with Gasteiger partial charge < -0.3 is 5.32 Å². The van der Waals surface area contributed by atoms with Gasteiger partial charge in [0.2, 0.25) is 0 Å². The predicted molar refractivity (Wildman–Crippen MR) is 66.1 cm³/mol. The lowest BCUT2D eigenvalue weighted by Gasteiger charge is -2.04. The summed E-state index contributed by atoms with van der Waals surface area (Å²) in [6.07, 6.45) is 6.33. The Bertz CT molecular complexity index is 155. The standard InChI is InChI=1S/C13H27NO/c1-4-14-10-8-6-5-7-9-13(15)11-12(2)3/h12,14H,4-11H2,1-3H3. The third kappa shape index (κ3) is 11.6. The number of carbonyl (C=O) groups excluding carboxylic acids is 1. The van der Waals surface area contributed by atoms with Gasteiger partial charge in [-0.3, -0.25) is 4.79 Å². The molecule has 2 heteroatoms. The molecule has 0 aliphatic rings. The summed E-state index contributed by atoms with van der Waals surface area (Å²) in [5.74, 6) is 0.961. The smallest absolute Gasteiger partial charge is 0.133 e. The predicted octanol–water partition coefficient (Wildman–Crippen LogP) is 3.16. The van der Waals surface area contributed by atoms with Gasteiger partial charge in [0.05, 0.1) is 0 Å². The maximum Gasteiger partial charge on any atom is 0.133 e. The first-order valence-corrected chi connectivity index (χ1v) is 6.39. The molecule has 0 aromatic carbocycles. The van der Waals surface area contributed by atoms with Crippen LogP contribution in [0.3, 0.4) is 0 Å². The van der Waals surface area contributed by atoms with E-state index in [0.29, 0.717) is 11.7 Å². The second-order valence-corrected chi connectivity index (χ2v) is 4.65. The largest absolute Gasteiger partial charge is 0.317 e. The Morgan fingerprint density at radius 1 is 1.13 bits per heavy atom. The van der Waals surface area contributed by atoms with Crippen LogP contribution < -0.4 is 5.32 Å². The lowest BCUT2D eigenvalue weighted by molar-refractivity contribution is -0.119. The van der Waals surface area contributed by atoms with Crippen molar-refractivity contribution >= 4 is 5.78 Å². The maximum atomic E-state index is 11.4. The van der Waals surface area contributed by atoms with Gasteiger partial charge in [-0.25, -0.2) is 0 Å². The van der Waals surface area contributed by atoms with Gasteiger partial charge in [-0.2, -0.15) is 0 Å². The fourth-order valence-electron chi connectivity index (χ4n) is 1.66. The monoisotopic (exact) mass is 213 g/mol. The molecule has 90 valence electrons. The second-order valence-electron chi connectivity index (χ2n) is 4.65. The summed E-state index contributed by atoms with van der Waals surface area (Å²) in [6.45, 7) is 8.52. The Morgan fingerprint density at radius 2 is 1.80 bits per heavy atom. The SMILES string of the molecule is CCNCCCCCCC(=O)CC(C)C. The van der Waals surface area contributed by atoms with Crippen molar-refractivity contribution in [1.82, 2.24) is 5.32 Å². The molecule has 15 heavy (non-hydrogen) atoms. The number of Topliss-reactive ketones (excluding diaryl/α,β-unsaturated/α-hetero) is 1. The Labute approximate surface area is 94.8 Å². The molecule has 0 aromatic heterocycles. The molecule has 0 bridgehead atoms. The molecule has 0 aromatic rings. The van der Waals surface area contributed by atoms with Crippen LogP contribution in [-0.4, -0.2) is 18.9 Å². The van der Waals surface area contributed by atoms with Crippen LogP contribution in [-0.2, 0) is 4.79 Å². The maximum absolute atomic E-state index is 11.4. The van der Waals surface area contributed by atoms with Crippen LogP contribution in [0.2, 0.25) is 0 Å². The van der Waals surface area contributed by atoms with Gasteiger partial charge in [-0.1, -0.05) is 33.6 Å². The first-order chi connectivity index (χ1) is 7.16. The van der Waals surface area contributed by atoms with Crippen LogP contribution in [0.5, 0.6) is 0 Å². The highest BCUT2D eigenvalue weighted by Gasteiger charge is 2.04. The summed E-state index contributed by atoms with van der Waals surface area (Å²) in [5.41, 5.74) is 0. The van der Waals surface area contributed by atoms with E-state index in [9.17, 15) is 4.79 Å². The molecule has 0 saturated carbocycles. The number of unbranched alkanes of at least 4 members (excludes halogenated alkanes) is 3. The molecule has 0 amide bonds. The third-order valence-electron chi connectivity index (χ3n) is 2.45. The van der Waals surface area contributed by atoms with Gasteiger partial charge in [-0.15, -0.1) is 0 Å². The van der Waals surface area contributed by atoms with E-state index < -0.39 is 0 Å². The lowest BCUT2D eigenvalue weighted by Crippen LogP contribution is -2.13. The average Bonchev–Trinajstić information content (AvgIpc) is 2.15. The van der Waals surface area contributed by atoms with Crippen molar-refractivity contribution < 1.29 is 4.79 Å². The molecule has 0 atom stereocenters. The zero-order chi connectivity index (χ0) is 11.5. The van der Waals surface area contributed by atoms with E-state index in [1.54, 1.807) is 0 Å². The molecule has 0 saturated heterocycles. The zero-order valence-electron chi connectivity index (χ0n) is 10.6. The molecule has 0 aliphatic carbocycles. The number of hydrogen-bond acceptors (Lipinski definition) is 2. The first kappa shape index (κ1) is 14.6. The highest BCUT2D eigenvalue weighted by molar-refractivity contribution is 5.78. The van der Waals surface area contributed by atoms with Crippen LogP contribution in [0.25, 0.3) is 0 Å². The van der Waals surface area contributed by atoms with E-state index in [1.807, 2.05) is 0 Å². The van der Waals surface area contributed by atoms with Crippen molar-refractivity contribution in [2.45, 2.75) is 59.3 Å². The van der Waals surface area contributed by atoms with Crippen LogP contribution in [0.1, 0.15) is 59.3 Å². The minimum Gasteiger partial charge on any atom is -0.317 e. The fraction of sp³-hybridized carbons (Fsp3) is 0.923. The highest BCUT2D eigenvalue weighted by Crippen LogP contribution is 2.08. The van der Waals surface area contributed by atoms with Crippen LogP contribution >= 0.6 is 0 Å². The van der Waals surface area contributed by atoms with Crippen molar-refractivity contribution in [3.63, 3.8) is 0 Å². The Hall–Kier alpha value is -0.370. The minimum absolute atomic E-state index is 0.441. The molecule has 0 radical (unpaired) electrons. The molecule has 0 heterocycles. The van der Waals surface area contributed by atoms with Gasteiger partial charge >= 0.3 is 0 Å². The van der Waals surface area contributed by atoms with Gasteiger partial charge in [0, 0.05) is 12.8 Å². The molecule has 2 nitrogen and oxygen atoms in total.